The van der Waals surface area contributed by atoms with Gasteiger partial charge in [0.15, 0.2) is 11.5 Å². The summed E-state index contributed by atoms with van der Waals surface area (Å²) in [6, 6.07) is 4.12. The van der Waals surface area contributed by atoms with E-state index in [0.29, 0.717) is 0 Å². The first kappa shape index (κ1) is 18.8. The van der Waals surface area contributed by atoms with Crippen LogP contribution in [0.2, 0.25) is 0 Å². The lowest BCUT2D eigenvalue weighted by molar-refractivity contribution is -0.141. The van der Waals surface area contributed by atoms with Crippen LogP contribution in [0.25, 0.3) is 5.69 Å². The second-order valence-corrected chi connectivity index (χ2v) is 7.24. The molecule has 0 spiro atoms. The van der Waals surface area contributed by atoms with E-state index in [1.165, 1.54) is 18.2 Å². The van der Waals surface area contributed by atoms with E-state index in [1.54, 1.807) is 0 Å². The van der Waals surface area contributed by atoms with E-state index in [9.17, 15) is 22.8 Å². The fourth-order valence-corrected chi connectivity index (χ4v) is 3.35. The van der Waals surface area contributed by atoms with E-state index in [4.69, 9.17) is 5.73 Å². The number of nitrogens with zero attached hydrogens (tertiary/aromatic N) is 3. The van der Waals surface area contributed by atoms with Crippen LogP contribution in [0, 0.1) is 5.41 Å². The van der Waals surface area contributed by atoms with Gasteiger partial charge in [0.2, 0.25) is 0 Å². The third-order valence-electron chi connectivity index (χ3n) is 4.48. The number of halogens is 3. The number of aromatic nitrogens is 2. The molecule has 0 bridgehead atoms. The number of aliphatic imine (C=N–C) groups is 1. The fourth-order valence-electron chi connectivity index (χ4n) is 3.35. The zero-order valence-corrected chi connectivity index (χ0v) is 14.7. The minimum absolute atomic E-state index is 0.00878. The van der Waals surface area contributed by atoms with Gasteiger partial charge in [0.1, 0.15) is 0 Å². The molecule has 1 heterocycles. The summed E-state index contributed by atoms with van der Waals surface area (Å²) in [6.45, 7) is 6.98. The number of amides is 1. The molecule has 1 aliphatic carbocycles. The smallest absolute Gasteiger partial charge is 0.366 e. The molecule has 1 amide bonds. The van der Waals surface area contributed by atoms with Gasteiger partial charge in [0, 0.05) is 6.42 Å². The highest BCUT2D eigenvalue weighted by atomic mass is 19.4. The summed E-state index contributed by atoms with van der Waals surface area (Å²) in [6.07, 6.45) is -4.51. The van der Waals surface area contributed by atoms with Crippen LogP contribution in [0.1, 0.15) is 52.4 Å². The summed E-state index contributed by atoms with van der Waals surface area (Å²) in [4.78, 5) is 27.6. The number of alkyl halides is 3. The molecule has 0 atom stereocenters. The van der Waals surface area contributed by atoms with Crippen molar-refractivity contribution in [3.8, 4) is 5.69 Å². The minimum Gasteiger partial charge on any atom is -0.366 e. The van der Waals surface area contributed by atoms with E-state index in [-0.39, 0.29) is 35.5 Å². The highest BCUT2D eigenvalue weighted by Gasteiger charge is 2.45. The van der Waals surface area contributed by atoms with Gasteiger partial charge in [-0.05, 0) is 36.8 Å². The summed E-state index contributed by atoms with van der Waals surface area (Å²) < 4.78 is 41.5. The van der Waals surface area contributed by atoms with Gasteiger partial charge in [-0.3, -0.25) is 14.6 Å². The van der Waals surface area contributed by atoms with Crippen molar-refractivity contribution in [3.05, 3.63) is 40.7 Å². The predicted molar refractivity (Wildman–Crippen MR) is 92.7 cm³/mol. The molecule has 1 aliphatic rings. The van der Waals surface area contributed by atoms with E-state index < -0.39 is 34.5 Å². The van der Waals surface area contributed by atoms with Crippen molar-refractivity contribution in [1.29, 1.82) is 0 Å². The first-order valence-electron chi connectivity index (χ1n) is 8.08. The molecule has 1 aromatic heterocycles. The molecule has 3 rings (SSSR count). The number of carbonyl (C=O) groups excluding carboxylic acids is 2. The Morgan fingerprint density at radius 1 is 1.33 bits per heavy atom. The summed E-state index contributed by atoms with van der Waals surface area (Å²) in [5.41, 5.74) is 3.79. The van der Waals surface area contributed by atoms with Crippen LogP contribution in [-0.4, -0.2) is 28.2 Å². The molecule has 0 unspecified atom stereocenters. The van der Waals surface area contributed by atoms with Crippen LogP contribution >= 0.6 is 0 Å². The van der Waals surface area contributed by atoms with Crippen molar-refractivity contribution in [2.75, 3.05) is 0 Å². The lowest BCUT2D eigenvalue weighted by Gasteiger charge is -2.29. The topological polar surface area (TPSA) is 90.3 Å². The standard InChI is InChI=1S/C18H17F3N4O2/c1-17(2)7-12-14(13(26)8-17)15(18(19,20)21)24-25(12)9-4-5-10(16(22)27)11(6-9)23-3/h4-6H,3,7-8H2,1-2H3,(H2,22,27). The Bertz CT molecular complexity index is 974. The van der Waals surface area contributed by atoms with Crippen LogP contribution in [-0.2, 0) is 12.6 Å². The van der Waals surface area contributed by atoms with Crippen molar-refractivity contribution in [2.24, 2.45) is 16.1 Å². The number of carbonyl (C=O) groups is 2. The second-order valence-electron chi connectivity index (χ2n) is 7.24. The Morgan fingerprint density at radius 3 is 2.56 bits per heavy atom. The monoisotopic (exact) mass is 378 g/mol. The largest absolute Gasteiger partial charge is 0.435 e. The molecule has 2 aromatic rings. The summed E-state index contributed by atoms with van der Waals surface area (Å²) in [7, 11) is 0. The Labute approximate surface area is 152 Å². The average Bonchev–Trinajstić information content (AvgIpc) is 2.92. The van der Waals surface area contributed by atoms with Crippen molar-refractivity contribution in [2.45, 2.75) is 32.9 Å². The quantitative estimate of drug-likeness (QED) is 0.829. The number of Topliss-reactive ketones (excluding diaryl/α,β-unsaturated/α-hetero) is 1. The van der Waals surface area contributed by atoms with Crippen LogP contribution in [0.5, 0.6) is 0 Å². The Balaban J connectivity index is 2.27. The molecule has 0 aliphatic heterocycles. The van der Waals surface area contributed by atoms with Crippen LogP contribution in [0.3, 0.4) is 0 Å². The average molecular weight is 378 g/mol. The molecule has 0 radical (unpaired) electrons. The summed E-state index contributed by atoms with van der Waals surface area (Å²) in [5, 5.41) is 3.69. The van der Waals surface area contributed by atoms with Crippen molar-refractivity contribution >= 4 is 24.1 Å². The maximum absolute atomic E-state index is 13.5. The van der Waals surface area contributed by atoms with Gasteiger partial charge in [0.25, 0.3) is 5.91 Å². The number of hydrogen-bond donors (Lipinski definition) is 1. The predicted octanol–water partition coefficient (Wildman–Crippen LogP) is 3.48. The number of ketones is 1. The van der Waals surface area contributed by atoms with Crippen molar-refractivity contribution in [1.82, 2.24) is 9.78 Å². The maximum atomic E-state index is 13.5. The highest BCUT2D eigenvalue weighted by Crippen LogP contribution is 2.42. The van der Waals surface area contributed by atoms with E-state index in [1.807, 2.05) is 13.8 Å². The third kappa shape index (κ3) is 3.24. The first-order valence-corrected chi connectivity index (χ1v) is 8.08. The molecule has 0 saturated carbocycles. The van der Waals surface area contributed by atoms with Crippen molar-refractivity contribution < 1.29 is 22.8 Å². The molecule has 0 saturated heterocycles. The van der Waals surface area contributed by atoms with Crippen LogP contribution in [0.15, 0.2) is 23.2 Å². The molecule has 9 heteroatoms. The third-order valence-corrected chi connectivity index (χ3v) is 4.48. The molecule has 142 valence electrons. The van der Waals surface area contributed by atoms with Gasteiger partial charge in [-0.15, -0.1) is 0 Å². The number of fused-ring (bicyclic) bond motifs is 1. The Hall–Kier alpha value is -2.97. The lowest BCUT2D eigenvalue weighted by atomic mass is 9.75. The molecule has 6 nitrogen and oxygen atoms in total. The van der Waals surface area contributed by atoms with Gasteiger partial charge in [-0.1, -0.05) is 13.8 Å². The zero-order chi connectivity index (χ0) is 20.1. The zero-order valence-electron chi connectivity index (χ0n) is 14.7. The van der Waals surface area contributed by atoms with Gasteiger partial charge in [-0.25, -0.2) is 4.68 Å². The Kier molecular flexibility index (Phi) is 4.21. The first-order chi connectivity index (χ1) is 12.4. The lowest BCUT2D eigenvalue weighted by Crippen LogP contribution is -2.29. The summed E-state index contributed by atoms with van der Waals surface area (Å²) >= 11 is 0. The molecule has 0 fully saturated rings. The fraction of sp³-hybridized carbons (Fsp3) is 0.333. The number of rotatable bonds is 3. The Morgan fingerprint density at radius 2 is 2.00 bits per heavy atom. The minimum atomic E-state index is -4.76. The van der Waals surface area contributed by atoms with Crippen molar-refractivity contribution in [3.63, 3.8) is 0 Å². The maximum Gasteiger partial charge on any atom is 0.435 e. The second kappa shape index (κ2) is 6.04. The van der Waals surface area contributed by atoms with Gasteiger partial charge >= 0.3 is 6.18 Å². The molecular formula is C18H17F3N4O2. The highest BCUT2D eigenvalue weighted by molar-refractivity contribution is 6.00. The number of hydrogen-bond acceptors (Lipinski definition) is 4. The van der Waals surface area contributed by atoms with Gasteiger partial charge in [-0.2, -0.15) is 18.3 Å². The molecule has 2 N–H and O–H groups in total. The molecule has 27 heavy (non-hydrogen) atoms. The van der Waals surface area contributed by atoms with Gasteiger partial charge in [0.05, 0.1) is 28.2 Å². The van der Waals surface area contributed by atoms with E-state index in [0.717, 1.165) is 4.68 Å². The number of nitrogens with two attached hydrogens (primary N) is 1. The van der Waals surface area contributed by atoms with E-state index in [2.05, 4.69) is 16.8 Å². The SMILES string of the molecule is C=Nc1cc(-n2nc(C(F)(F)F)c3c2CC(C)(C)CC3=O)ccc1C(N)=O. The molecule has 1 aromatic carbocycles. The van der Waals surface area contributed by atoms with E-state index >= 15 is 0 Å². The van der Waals surface area contributed by atoms with Crippen LogP contribution in [0.4, 0.5) is 18.9 Å². The summed E-state index contributed by atoms with van der Waals surface area (Å²) in [5.74, 6) is -1.32. The van der Waals surface area contributed by atoms with Crippen LogP contribution < -0.4 is 5.73 Å². The number of primary amides is 1. The normalized spacial score (nSPS) is 16.1. The number of benzene rings is 1. The molecular weight excluding hydrogens is 361 g/mol. The van der Waals surface area contributed by atoms with Gasteiger partial charge < -0.3 is 5.73 Å².